The second-order valence-electron chi connectivity index (χ2n) is 3.27. The van der Waals surface area contributed by atoms with Crippen molar-refractivity contribution in [2.24, 2.45) is 0 Å². The summed E-state index contributed by atoms with van der Waals surface area (Å²) in [7, 11) is 1.61. The van der Waals surface area contributed by atoms with Gasteiger partial charge >= 0.3 is 0 Å². The van der Waals surface area contributed by atoms with E-state index in [0.29, 0.717) is 12.0 Å². The third-order valence-electron chi connectivity index (χ3n) is 2.33. The van der Waals surface area contributed by atoms with Crippen LogP contribution in [0.25, 0.3) is 11.3 Å². The maximum atomic E-state index is 5.32. The Morgan fingerprint density at radius 2 is 2.19 bits per heavy atom. The van der Waals surface area contributed by atoms with Gasteiger partial charge < -0.3 is 14.2 Å². The molecule has 0 spiro atoms. The summed E-state index contributed by atoms with van der Waals surface area (Å²) >= 11 is 1.47. The summed E-state index contributed by atoms with van der Waals surface area (Å²) in [6, 6.07) is 5.78. The van der Waals surface area contributed by atoms with E-state index in [1.54, 1.807) is 7.11 Å². The standard InChI is InChI=1S/C11H9NO3S/c1-13-11-12-8(5-16-11)7-2-3-9-10(4-7)15-6-14-9/h2-5H,6H2,1H3. The lowest BCUT2D eigenvalue weighted by Crippen LogP contribution is -1.92. The van der Waals surface area contributed by atoms with Gasteiger partial charge in [-0.3, -0.25) is 0 Å². The minimum atomic E-state index is 0.291. The highest BCUT2D eigenvalue weighted by atomic mass is 32.1. The fraction of sp³-hybridized carbons (Fsp3) is 0.182. The van der Waals surface area contributed by atoms with Crippen LogP contribution in [-0.4, -0.2) is 18.9 Å². The van der Waals surface area contributed by atoms with Gasteiger partial charge in [0, 0.05) is 10.9 Å². The molecule has 1 aromatic carbocycles. The molecule has 0 unspecified atom stereocenters. The van der Waals surface area contributed by atoms with E-state index in [4.69, 9.17) is 14.2 Å². The van der Waals surface area contributed by atoms with Crippen LogP contribution in [0.15, 0.2) is 23.6 Å². The molecule has 4 nitrogen and oxygen atoms in total. The molecule has 0 aliphatic carbocycles. The molecule has 0 radical (unpaired) electrons. The van der Waals surface area contributed by atoms with Crippen molar-refractivity contribution in [2.45, 2.75) is 0 Å². The number of aromatic nitrogens is 1. The molecule has 0 atom stereocenters. The second-order valence-corrected chi connectivity index (χ2v) is 4.09. The zero-order valence-corrected chi connectivity index (χ0v) is 9.41. The summed E-state index contributed by atoms with van der Waals surface area (Å²) in [4.78, 5) is 4.32. The maximum Gasteiger partial charge on any atom is 0.273 e. The second kappa shape index (κ2) is 3.68. The predicted octanol–water partition coefficient (Wildman–Crippen LogP) is 2.55. The molecule has 0 saturated heterocycles. The van der Waals surface area contributed by atoms with Crippen molar-refractivity contribution < 1.29 is 14.2 Å². The van der Waals surface area contributed by atoms with Crippen molar-refractivity contribution in [1.29, 1.82) is 0 Å². The first-order valence-corrected chi connectivity index (χ1v) is 5.64. The van der Waals surface area contributed by atoms with Crippen LogP contribution in [0, 0.1) is 0 Å². The highest BCUT2D eigenvalue weighted by molar-refractivity contribution is 7.11. The van der Waals surface area contributed by atoms with Crippen LogP contribution >= 0.6 is 11.3 Å². The van der Waals surface area contributed by atoms with E-state index in [0.717, 1.165) is 22.8 Å². The predicted molar refractivity (Wildman–Crippen MR) is 60.2 cm³/mol. The van der Waals surface area contributed by atoms with Gasteiger partial charge in [0.15, 0.2) is 11.5 Å². The van der Waals surface area contributed by atoms with E-state index in [2.05, 4.69) is 4.98 Å². The molecule has 2 aromatic rings. The number of rotatable bonds is 2. The summed E-state index contributed by atoms with van der Waals surface area (Å²) in [5.74, 6) is 1.55. The lowest BCUT2D eigenvalue weighted by atomic mass is 10.1. The van der Waals surface area contributed by atoms with Gasteiger partial charge in [0.25, 0.3) is 5.19 Å². The Kier molecular flexibility index (Phi) is 2.18. The quantitative estimate of drug-likeness (QED) is 0.802. The van der Waals surface area contributed by atoms with Crippen molar-refractivity contribution in [3.05, 3.63) is 23.6 Å². The zero-order valence-electron chi connectivity index (χ0n) is 8.60. The van der Waals surface area contributed by atoms with Crippen molar-refractivity contribution in [3.8, 4) is 28.0 Å². The zero-order chi connectivity index (χ0) is 11.0. The molecule has 3 rings (SSSR count). The van der Waals surface area contributed by atoms with E-state index in [9.17, 15) is 0 Å². The number of hydrogen-bond acceptors (Lipinski definition) is 5. The minimum Gasteiger partial charge on any atom is -0.473 e. The van der Waals surface area contributed by atoms with E-state index >= 15 is 0 Å². The summed E-state index contributed by atoms with van der Waals surface area (Å²) < 4.78 is 15.6. The fourth-order valence-electron chi connectivity index (χ4n) is 1.54. The van der Waals surface area contributed by atoms with Crippen LogP contribution in [0.1, 0.15) is 0 Å². The van der Waals surface area contributed by atoms with E-state index in [1.165, 1.54) is 11.3 Å². The molecule has 5 heteroatoms. The topological polar surface area (TPSA) is 40.6 Å². The smallest absolute Gasteiger partial charge is 0.273 e. The summed E-state index contributed by atoms with van der Waals surface area (Å²) in [5, 5.41) is 2.61. The average Bonchev–Trinajstić information content (AvgIpc) is 2.96. The number of benzene rings is 1. The fourth-order valence-corrected chi connectivity index (χ4v) is 2.19. The molecule has 16 heavy (non-hydrogen) atoms. The number of fused-ring (bicyclic) bond motifs is 1. The summed E-state index contributed by atoms with van der Waals surface area (Å²) in [5.41, 5.74) is 1.89. The molecule has 82 valence electrons. The number of nitrogens with zero attached hydrogens (tertiary/aromatic N) is 1. The summed E-state index contributed by atoms with van der Waals surface area (Å²) in [6.07, 6.45) is 0. The van der Waals surface area contributed by atoms with Crippen LogP contribution < -0.4 is 14.2 Å². The van der Waals surface area contributed by atoms with Gasteiger partial charge in [0.1, 0.15) is 0 Å². The van der Waals surface area contributed by atoms with Crippen molar-refractivity contribution in [1.82, 2.24) is 4.98 Å². The van der Waals surface area contributed by atoms with Gasteiger partial charge in [-0.25, -0.2) is 4.98 Å². The van der Waals surface area contributed by atoms with Crippen LogP contribution in [0.3, 0.4) is 0 Å². The van der Waals surface area contributed by atoms with Gasteiger partial charge in [-0.15, -0.1) is 0 Å². The Morgan fingerprint density at radius 3 is 3.00 bits per heavy atom. The molecule has 1 aliphatic rings. The molecule has 0 N–H and O–H groups in total. The first-order chi connectivity index (χ1) is 7.86. The van der Waals surface area contributed by atoms with Crippen LogP contribution in [0.2, 0.25) is 0 Å². The highest BCUT2D eigenvalue weighted by Gasteiger charge is 2.14. The van der Waals surface area contributed by atoms with Crippen LogP contribution in [-0.2, 0) is 0 Å². The van der Waals surface area contributed by atoms with Crippen molar-refractivity contribution in [3.63, 3.8) is 0 Å². The molecule has 0 saturated carbocycles. The van der Waals surface area contributed by atoms with Crippen LogP contribution in [0.4, 0.5) is 0 Å². The third-order valence-corrected chi connectivity index (χ3v) is 3.13. The molecule has 1 aromatic heterocycles. The molecule has 0 bridgehead atoms. The van der Waals surface area contributed by atoms with Gasteiger partial charge in [-0.1, -0.05) is 11.3 Å². The maximum absolute atomic E-state index is 5.32. The van der Waals surface area contributed by atoms with Crippen LogP contribution in [0.5, 0.6) is 16.7 Å². The Balaban J connectivity index is 2.00. The number of ether oxygens (including phenoxy) is 3. The Labute approximate surface area is 96.4 Å². The largest absolute Gasteiger partial charge is 0.473 e. The Bertz CT molecular complexity index is 524. The SMILES string of the molecule is COc1nc(-c2ccc3c(c2)OCO3)cs1. The third kappa shape index (κ3) is 1.49. The van der Waals surface area contributed by atoms with Gasteiger partial charge in [0.05, 0.1) is 12.8 Å². The Hall–Kier alpha value is -1.75. The van der Waals surface area contributed by atoms with Gasteiger partial charge in [0.2, 0.25) is 6.79 Å². The first kappa shape index (κ1) is 9.47. The molecule has 2 heterocycles. The van der Waals surface area contributed by atoms with Crippen molar-refractivity contribution >= 4 is 11.3 Å². The van der Waals surface area contributed by atoms with E-state index in [-0.39, 0.29) is 0 Å². The average molecular weight is 235 g/mol. The van der Waals surface area contributed by atoms with Crippen molar-refractivity contribution in [2.75, 3.05) is 13.9 Å². The highest BCUT2D eigenvalue weighted by Crippen LogP contribution is 2.36. The monoisotopic (exact) mass is 235 g/mol. The molecule has 0 fully saturated rings. The number of thiazole rings is 1. The number of methoxy groups -OCH3 is 1. The first-order valence-electron chi connectivity index (χ1n) is 4.76. The van der Waals surface area contributed by atoms with E-state index in [1.807, 2.05) is 23.6 Å². The number of hydrogen-bond donors (Lipinski definition) is 0. The molecular weight excluding hydrogens is 226 g/mol. The molecular formula is C11H9NO3S. The minimum absolute atomic E-state index is 0.291. The lowest BCUT2D eigenvalue weighted by Gasteiger charge is -1.99. The normalized spacial score (nSPS) is 12.8. The molecule has 0 amide bonds. The molecule has 1 aliphatic heterocycles. The van der Waals surface area contributed by atoms with Gasteiger partial charge in [-0.2, -0.15) is 0 Å². The van der Waals surface area contributed by atoms with E-state index < -0.39 is 0 Å². The van der Waals surface area contributed by atoms with Gasteiger partial charge in [-0.05, 0) is 18.2 Å². The Morgan fingerprint density at radius 1 is 1.31 bits per heavy atom. The lowest BCUT2D eigenvalue weighted by molar-refractivity contribution is 0.174. The summed E-state index contributed by atoms with van der Waals surface area (Å²) in [6.45, 7) is 0.291.